The first-order valence-corrected chi connectivity index (χ1v) is 9.62. The lowest BCUT2D eigenvalue weighted by atomic mass is 10.1. The van der Waals surface area contributed by atoms with Crippen LogP contribution in [0.15, 0.2) is 77.4 Å². The van der Waals surface area contributed by atoms with Crippen LogP contribution in [0.5, 0.6) is 5.75 Å². The van der Waals surface area contributed by atoms with Crippen LogP contribution in [0, 0.1) is 5.92 Å². The Hall–Kier alpha value is -3.21. The van der Waals surface area contributed by atoms with Gasteiger partial charge in [-0.3, -0.25) is 4.79 Å². The SMILES string of the molecule is O=C(NC[C@H]1CCN(c2ccccc2)C1)c1occc1COc1ccccc1. The van der Waals surface area contributed by atoms with E-state index in [0.29, 0.717) is 24.8 Å². The maximum absolute atomic E-state index is 12.6. The first-order valence-electron chi connectivity index (χ1n) is 9.62. The largest absolute Gasteiger partial charge is 0.489 e. The number of benzene rings is 2. The zero-order valence-electron chi connectivity index (χ0n) is 15.7. The topological polar surface area (TPSA) is 54.7 Å². The Bertz CT molecular complexity index is 892. The number of furan rings is 1. The summed E-state index contributed by atoms with van der Waals surface area (Å²) in [7, 11) is 0. The molecule has 28 heavy (non-hydrogen) atoms. The van der Waals surface area contributed by atoms with Gasteiger partial charge in [0, 0.05) is 30.9 Å². The van der Waals surface area contributed by atoms with Crippen LogP contribution in [-0.4, -0.2) is 25.5 Å². The minimum absolute atomic E-state index is 0.185. The van der Waals surface area contributed by atoms with Gasteiger partial charge >= 0.3 is 0 Å². The summed E-state index contributed by atoms with van der Waals surface area (Å²) in [5.41, 5.74) is 1.99. The number of ether oxygens (including phenoxy) is 1. The van der Waals surface area contributed by atoms with Crippen molar-refractivity contribution in [2.45, 2.75) is 13.0 Å². The molecule has 1 atom stereocenters. The van der Waals surface area contributed by atoms with Gasteiger partial charge < -0.3 is 19.4 Å². The molecule has 1 fully saturated rings. The second kappa shape index (κ2) is 8.65. The molecule has 5 nitrogen and oxygen atoms in total. The van der Waals surface area contributed by atoms with Gasteiger partial charge in [-0.25, -0.2) is 0 Å². The maximum Gasteiger partial charge on any atom is 0.287 e. The zero-order valence-corrected chi connectivity index (χ0v) is 15.7. The number of rotatable bonds is 7. The molecule has 0 aliphatic carbocycles. The Morgan fingerprint density at radius 2 is 1.82 bits per heavy atom. The summed E-state index contributed by atoms with van der Waals surface area (Å²) in [4.78, 5) is 14.9. The Morgan fingerprint density at radius 3 is 2.61 bits per heavy atom. The third kappa shape index (κ3) is 4.36. The van der Waals surface area contributed by atoms with Gasteiger partial charge in [0.15, 0.2) is 5.76 Å². The van der Waals surface area contributed by atoms with Crippen LogP contribution < -0.4 is 15.0 Å². The highest BCUT2D eigenvalue weighted by molar-refractivity contribution is 5.92. The van der Waals surface area contributed by atoms with Crippen LogP contribution in [0.2, 0.25) is 0 Å². The Morgan fingerprint density at radius 1 is 1.07 bits per heavy atom. The van der Waals surface area contributed by atoms with Gasteiger partial charge in [-0.05, 0) is 42.7 Å². The van der Waals surface area contributed by atoms with Gasteiger partial charge in [-0.1, -0.05) is 36.4 Å². The predicted molar refractivity (Wildman–Crippen MR) is 109 cm³/mol. The van der Waals surface area contributed by atoms with Crippen molar-refractivity contribution in [3.05, 3.63) is 84.3 Å². The molecule has 0 bridgehead atoms. The number of carbonyl (C=O) groups excluding carboxylic acids is 1. The van der Waals surface area contributed by atoms with Crippen molar-refractivity contribution in [2.24, 2.45) is 5.92 Å². The maximum atomic E-state index is 12.6. The molecule has 0 unspecified atom stereocenters. The molecule has 0 spiro atoms. The van der Waals surface area contributed by atoms with E-state index in [1.165, 1.54) is 12.0 Å². The molecule has 1 aromatic heterocycles. The summed E-state index contributed by atoms with van der Waals surface area (Å²) < 4.78 is 11.2. The minimum Gasteiger partial charge on any atom is -0.489 e. The molecule has 0 saturated carbocycles. The normalized spacial score (nSPS) is 16.1. The molecule has 1 aliphatic rings. The monoisotopic (exact) mass is 376 g/mol. The number of anilines is 1. The zero-order chi connectivity index (χ0) is 19.2. The van der Waals surface area contributed by atoms with Crippen LogP contribution in [0.25, 0.3) is 0 Å². The van der Waals surface area contributed by atoms with Crippen LogP contribution >= 0.6 is 0 Å². The van der Waals surface area contributed by atoms with E-state index in [2.05, 4.69) is 34.5 Å². The molecule has 2 aromatic carbocycles. The summed E-state index contributed by atoms with van der Waals surface area (Å²) >= 11 is 0. The van der Waals surface area contributed by atoms with Crippen molar-refractivity contribution in [1.29, 1.82) is 0 Å². The summed E-state index contributed by atoms with van der Waals surface area (Å²) in [6, 6.07) is 21.7. The third-order valence-electron chi connectivity index (χ3n) is 5.05. The summed E-state index contributed by atoms with van der Waals surface area (Å²) in [5.74, 6) is 1.34. The van der Waals surface area contributed by atoms with Crippen molar-refractivity contribution >= 4 is 11.6 Å². The smallest absolute Gasteiger partial charge is 0.287 e. The van der Waals surface area contributed by atoms with E-state index in [0.717, 1.165) is 30.8 Å². The molecular weight excluding hydrogens is 352 g/mol. The van der Waals surface area contributed by atoms with Crippen molar-refractivity contribution in [3.63, 3.8) is 0 Å². The summed E-state index contributed by atoms with van der Waals surface area (Å²) in [5, 5.41) is 3.02. The average Bonchev–Trinajstić information content (AvgIpc) is 3.41. The Kier molecular flexibility index (Phi) is 5.61. The highest BCUT2D eigenvalue weighted by Gasteiger charge is 2.24. The molecule has 1 N–H and O–H groups in total. The lowest BCUT2D eigenvalue weighted by molar-refractivity contribution is 0.0917. The van der Waals surface area contributed by atoms with E-state index in [1.54, 1.807) is 6.07 Å². The van der Waals surface area contributed by atoms with Gasteiger partial charge in [0.1, 0.15) is 12.4 Å². The first kappa shape index (κ1) is 18.2. The molecule has 2 heterocycles. The van der Waals surface area contributed by atoms with Gasteiger partial charge in [0.25, 0.3) is 5.91 Å². The lowest BCUT2D eigenvalue weighted by Crippen LogP contribution is -2.31. The van der Waals surface area contributed by atoms with E-state index >= 15 is 0 Å². The average molecular weight is 376 g/mol. The molecule has 3 aromatic rings. The number of hydrogen-bond donors (Lipinski definition) is 1. The molecule has 144 valence electrons. The number of carbonyl (C=O) groups is 1. The van der Waals surface area contributed by atoms with Gasteiger partial charge in [-0.2, -0.15) is 0 Å². The molecule has 1 aliphatic heterocycles. The number of para-hydroxylation sites is 2. The van der Waals surface area contributed by atoms with Crippen LogP contribution in [0.4, 0.5) is 5.69 Å². The summed E-state index contributed by atoms with van der Waals surface area (Å²) in [6.45, 7) is 2.91. The van der Waals surface area contributed by atoms with Crippen molar-refractivity contribution in [3.8, 4) is 5.75 Å². The van der Waals surface area contributed by atoms with E-state index in [-0.39, 0.29) is 5.91 Å². The fraction of sp³-hybridized carbons (Fsp3) is 0.261. The predicted octanol–water partition coefficient (Wildman–Crippen LogP) is 4.11. The fourth-order valence-corrected chi connectivity index (χ4v) is 3.52. The second-order valence-corrected chi connectivity index (χ2v) is 7.02. The highest BCUT2D eigenvalue weighted by atomic mass is 16.5. The van der Waals surface area contributed by atoms with Gasteiger partial charge in [-0.15, -0.1) is 0 Å². The first-order chi connectivity index (χ1) is 13.8. The van der Waals surface area contributed by atoms with Crippen LogP contribution in [-0.2, 0) is 6.61 Å². The van der Waals surface area contributed by atoms with E-state index < -0.39 is 0 Å². The molecule has 1 saturated heterocycles. The number of amides is 1. The van der Waals surface area contributed by atoms with Crippen LogP contribution in [0.1, 0.15) is 22.5 Å². The van der Waals surface area contributed by atoms with Crippen molar-refractivity contribution < 1.29 is 13.9 Å². The van der Waals surface area contributed by atoms with Crippen molar-refractivity contribution in [2.75, 3.05) is 24.5 Å². The van der Waals surface area contributed by atoms with Crippen molar-refractivity contribution in [1.82, 2.24) is 5.32 Å². The second-order valence-electron chi connectivity index (χ2n) is 7.02. The van der Waals surface area contributed by atoms with E-state index in [1.807, 2.05) is 36.4 Å². The standard InChI is InChI=1S/C23H24N2O3/c26-23(22-19(12-14-27-22)17-28-21-9-5-2-6-10-21)24-15-18-11-13-25(16-18)20-7-3-1-4-8-20/h1-10,12,14,18H,11,13,15-17H2,(H,24,26)/t18-/m1/s1. The molecule has 0 radical (unpaired) electrons. The van der Waals surface area contributed by atoms with E-state index in [4.69, 9.17) is 9.15 Å². The molecule has 5 heteroatoms. The Balaban J connectivity index is 1.28. The number of nitrogens with one attached hydrogen (secondary N) is 1. The molecule has 1 amide bonds. The van der Waals surface area contributed by atoms with Crippen LogP contribution in [0.3, 0.4) is 0 Å². The minimum atomic E-state index is -0.185. The number of nitrogens with zero attached hydrogens (tertiary/aromatic N) is 1. The van der Waals surface area contributed by atoms with Gasteiger partial charge in [0.2, 0.25) is 0 Å². The van der Waals surface area contributed by atoms with Gasteiger partial charge in [0.05, 0.1) is 6.26 Å². The summed E-state index contributed by atoms with van der Waals surface area (Å²) in [6.07, 6.45) is 2.60. The van der Waals surface area contributed by atoms with E-state index in [9.17, 15) is 4.79 Å². The quantitative estimate of drug-likeness (QED) is 0.674. The Labute approximate surface area is 164 Å². The molecule has 4 rings (SSSR count). The number of hydrogen-bond acceptors (Lipinski definition) is 4. The fourth-order valence-electron chi connectivity index (χ4n) is 3.52. The molecular formula is C23H24N2O3. The lowest BCUT2D eigenvalue weighted by Gasteiger charge is -2.18. The highest BCUT2D eigenvalue weighted by Crippen LogP contribution is 2.23. The third-order valence-corrected chi connectivity index (χ3v) is 5.05.